The summed E-state index contributed by atoms with van der Waals surface area (Å²) < 4.78 is 18.5. The molecule has 1 N–H and O–H groups in total. The molecule has 0 amide bonds. The third-order valence-electron chi connectivity index (χ3n) is 3.20. The van der Waals surface area contributed by atoms with Gasteiger partial charge in [0.2, 0.25) is 0 Å². The Balaban J connectivity index is 2.72. The molecule has 0 bridgehead atoms. The van der Waals surface area contributed by atoms with Crippen LogP contribution in [0.25, 0.3) is 0 Å². The maximum atomic E-state index is 13.3. The van der Waals surface area contributed by atoms with Gasteiger partial charge in [0.15, 0.2) is 0 Å². The van der Waals surface area contributed by atoms with Crippen molar-refractivity contribution in [3.63, 3.8) is 0 Å². The number of carboxylic acid groups (broad SMARTS) is 1. The van der Waals surface area contributed by atoms with E-state index in [9.17, 15) is 9.18 Å². The predicted molar refractivity (Wildman–Crippen MR) is 70.9 cm³/mol. The number of rotatable bonds is 7. The van der Waals surface area contributed by atoms with Gasteiger partial charge in [-0.3, -0.25) is 9.69 Å². The van der Waals surface area contributed by atoms with E-state index in [-0.39, 0.29) is 18.3 Å². The van der Waals surface area contributed by atoms with Crippen molar-refractivity contribution in [1.29, 1.82) is 0 Å². The van der Waals surface area contributed by atoms with E-state index in [0.29, 0.717) is 18.7 Å². The number of hydrogen-bond acceptors (Lipinski definition) is 3. The maximum absolute atomic E-state index is 13.3. The first-order valence-corrected chi connectivity index (χ1v) is 6.21. The Kier molecular flexibility index (Phi) is 5.76. The van der Waals surface area contributed by atoms with Crippen LogP contribution in [-0.4, -0.2) is 36.7 Å². The highest BCUT2D eigenvalue weighted by Crippen LogP contribution is 2.29. The van der Waals surface area contributed by atoms with Crippen molar-refractivity contribution in [2.45, 2.75) is 25.8 Å². The molecule has 0 saturated heterocycles. The van der Waals surface area contributed by atoms with E-state index in [0.717, 1.165) is 5.56 Å². The highest BCUT2D eigenvalue weighted by molar-refractivity contribution is 5.66. The molecule has 19 heavy (non-hydrogen) atoms. The Bertz CT molecular complexity index is 437. The van der Waals surface area contributed by atoms with Crippen LogP contribution in [0.1, 0.15) is 31.4 Å². The molecular formula is C14H20FNO3. The van der Waals surface area contributed by atoms with Crippen molar-refractivity contribution in [3.05, 3.63) is 29.6 Å². The molecule has 0 spiro atoms. The second kappa shape index (κ2) is 7.09. The molecule has 0 aliphatic heterocycles. The van der Waals surface area contributed by atoms with E-state index in [2.05, 4.69) is 0 Å². The summed E-state index contributed by atoms with van der Waals surface area (Å²) in [6.45, 7) is 2.57. The molecule has 0 aliphatic carbocycles. The first kappa shape index (κ1) is 15.4. The van der Waals surface area contributed by atoms with E-state index in [1.54, 1.807) is 13.2 Å². The number of methoxy groups -OCH3 is 1. The SMILES string of the molecule is COc1ccc(F)cc1C(C)N(C)CCCC(=O)O. The van der Waals surface area contributed by atoms with Crippen molar-refractivity contribution in [2.24, 2.45) is 0 Å². The number of carboxylic acids is 1. The fourth-order valence-electron chi connectivity index (χ4n) is 1.94. The molecule has 5 heteroatoms. The van der Waals surface area contributed by atoms with Crippen molar-refractivity contribution >= 4 is 5.97 Å². The van der Waals surface area contributed by atoms with Gasteiger partial charge in [-0.05, 0) is 45.1 Å². The third kappa shape index (κ3) is 4.52. The lowest BCUT2D eigenvalue weighted by Crippen LogP contribution is -2.24. The Morgan fingerprint density at radius 2 is 2.21 bits per heavy atom. The molecule has 1 rings (SSSR count). The summed E-state index contributed by atoms with van der Waals surface area (Å²) in [7, 11) is 3.44. The lowest BCUT2D eigenvalue weighted by molar-refractivity contribution is -0.137. The molecule has 1 unspecified atom stereocenters. The molecule has 1 aromatic rings. The monoisotopic (exact) mass is 269 g/mol. The molecule has 1 aromatic carbocycles. The first-order valence-electron chi connectivity index (χ1n) is 6.21. The smallest absolute Gasteiger partial charge is 0.303 e. The second-order valence-electron chi connectivity index (χ2n) is 4.54. The summed E-state index contributed by atoms with van der Waals surface area (Å²) in [6, 6.07) is 4.38. The molecule has 1 atom stereocenters. The Hall–Kier alpha value is -1.62. The van der Waals surface area contributed by atoms with Crippen molar-refractivity contribution < 1.29 is 19.0 Å². The molecular weight excluding hydrogens is 249 g/mol. The van der Waals surface area contributed by atoms with Crippen molar-refractivity contribution in [3.8, 4) is 5.75 Å². The van der Waals surface area contributed by atoms with Gasteiger partial charge in [0.05, 0.1) is 7.11 Å². The largest absolute Gasteiger partial charge is 0.496 e. The van der Waals surface area contributed by atoms with Gasteiger partial charge in [0, 0.05) is 18.0 Å². The minimum atomic E-state index is -0.801. The summed E-state index contributed by atoms with van der Waals surface area (Å²) in [5, 5.41) is 8.61. The zero-order chi connectivity index (χ0) is 14.4. The maximum Gasteiger partial charge on any atom is 0.303 e. The number of hydrogen-bond donors (Lipinski definition) is 1. The van der Waals surface area contributed by atoms with E-state index < -0.39 is 5.97 Å². The molecule has 0 saturated carbocycles. The van der Waals surface area contributed by atoms with Gasteiger partial charge in [-0.15, -0.1) is 0 Å². The van der Waals surface area contributed by atoms with Gasteiger partial charge in [-0.1, -0.05) is 0 Å². The topological polar surface area (TPSA) is 49.8 Å². The molecule has 106 valence electrons. The van der Waals surface area contributed by atoms with Gasteiger partial charge in [0.25, 0.3) is 0 Å². The number of ether oxygens (including phenoxy) is 1. The lowest BCUT2D eigenvalue weighted by atomic mass is 10.1. The average Bonchev–Trinajstić information content (AvgIpc) is 2.37. The van der Waals surface area contributed by atoms with E-state index >= 15 is 0 Å². The van der Waals surface area contributed by atoms with Crippen LogP contribution in [0, 0.1) is 5.82 Å². The van der Waals surface area contributed by atoms with Crippen LogP contribution >= 0.6 is 0 Å². The highest BCUT2D eigenvalue weighted by Gasteiger charge is 2.16. The van der Waals surface area contributed by atoms with Gasteiger partial charge in [-0.25, -0.2) is 4.39 Å². The van der Waals surface area contributed by atoms with Crippen molar-refractivity contribution in [1.82, 2.24) is 4.90 Å². The van der Waals surface area contributed by atoms with E-state index in [4.69, 9.17) is 9.84 Å². The van der Waals surface area contributed by atoms with Crippen LogP contribution in [0.2, 0.25) is 0 Å². The summed E-state index contributed by atoms with van der Waals surface area (Å²) in [5.41, 5.74) is 0.764. The number of halogens is 1. The Morgan fingerprint density at radius 3 is 2.79 bits per heavy atom. The van der Waals surface area contributed by atoms with Crippen LogP contribution in [0.5, 0.6) is 5.75 Å². The minimum absolute atomic E-state index is 0.0422. The fourth-order valence-corrected chi connectivity index (χ4v) is 1.94. The Labute approximate surface area is 112 Å². The fraction of sp³-hybridized carbons (Fsp3) is 0.500. The molecule has 0 radical (unpaired) electrons. The zero-order valence-corrected chi connectivity index (χ0v) is 11.5. The minimum Gasteiger partial charge on any atom is -0.496 e. The highest BCUT2D eigenvalue weighted by atomic mass is 19.1. The number of benzene rings is 1. The third-order valence-corrected chi connectivity index (χ3v) is 3.20. The van der Waals surface area contributed by atoms with Crippen LogP contribution in [0.3, 0.4) is 0 Å². The van der Waals surface area contributed by atoms with E-state index in [1.807, 2.05) is 18.9 Å². The van der Waals surface area contributed by atoms with Gasteiger partial charge >= 0.3 is 5.97 Å². The quantitative estimate of drug-likeness (QED) is 0.827. The summed E-state index contributed by atoms with van der Waals surface area (Å²) in [4.78, 5) is 12.5. The van der Waals surface area contributed by atoms with Crippen molar-refractivity contribution in [2.75, 3.05) is 20.7 Å². The first-order chi connectivity index (χ1) is 8.95. The predicted octanol–water partition coefficient (Wildman–Crippen LogP) is 2.69. The average molecular weight is 269 g/mol. The molecule has 0 fully saturated rings. The normalized spacial score (nSPS) is 12.5. The summed E-state index contributed by atoms with van der Waals surface area (Å²) in [5.74, 6) is -0.468. The summed E-state index contributed by atoms with van der Waals surface area (Å²) in [6.07, 6.45) is 0.700. The van der Waals surface area contributed by atoms with Crippen LogP contribution in [0.15, 0.2) is 18.2 Å². The van der Waals surface area contributed by atoms with Gasteiger partial charge < -0.3 is 9.84 Å². The van der Waals surface area contributed by atoms with Gasteiger partial charge in [0.1, 0.15) is 11.6 Å². The number of nitrogens with zero attached hydrogens (tertiary/aromatic N) is 1. The molecule has 0 aromatic heterocycles. The van der Waals surface area contributed by atoms with Crippen LogP contribution in [-0.2, 0) is 4.79 Å². The lowest BCUT2D eigenvalue weighted by Gasteiger charge is -2.26. The van der Waals surface area contributed by atoms with Gasteiger partial charge in [-0.2, -0.15) is 0 Å². The molecule has 0 heterocycles. The number of aliphatic carboxylic acids is 1. The standard InChI is InChI=1S/C14H20FNO3/c1-10(16(2)8-4-5-14(17)18)12-9-11(15)6-7-13(12)19-3/h6-7,9-10H,4-5,8H2,1-3H3,(H,17,18). The van der Waals surface area contributed by atoms with E-state index in [1.165, 1.54) is 12.1 Å². The zero-order valence-electron chi connectivity index (χ0n) is 11.5. The molecule has 0 aliphatic rings. The van der Waals surface area contributed by atoms with Crippen LogP contribution in [0.4, 0.5) is 4.39 Å². The number of carbonyl (C=O) groups is 1. The summed E-state index contributed by atoms with van der Waals surface area (Å²) >= 11 is 0. The second-order valence-corrected chi connectivity index (χ2v) is 4.54. The van der Waals surface area contributed by atoms with Crippen LogP contribution < -0.4 is 4.74 Å². The Morgan fingerprint density at radius 1 is 1.53 bits per heavy atom. The molecule has 4 nitrogen and oxygen atoms in total.